The lowest BCUT2D eigenvalue weighted by Crippen LogP contribution is -2.23. The van der Waals surface area contributed by atoms with E-state index in [4.69, 9.17) is 0 Å². The van der Waals surface area contributed by atoms with Gasteiger partial charge in [-0.15, -0.1) is 10.2 Å². The summed E-state index contributed by atoms with van der Waals surface area (Å²) in [5.74, 6) is 0.656. The molecule has 1 amide bonds. The molecule has 5 heteroatoms. The lowest BCUT2D eigenvalue weighted by atomic mass is 10.1. The number of pyridine rings is 1. The monoisotopic (exact) mass is 280 g/mol. The van der Waals surface area contributed by atoms with Crippen molar-refractivity contribution in [3.63, 3.8) is 0 Å². The van der Waals surface area contributed by atoms with Gasteiger partial charge < -0.3 is 5.32 Å². The van der Waals surface area contributed by atoms with E-state index < -0.39 is 0 Å². The van der Waals surface area contributed by atoms with Gasteiger partial charge in [0.1, 0.15) is 5.82 Å². The van der Waals surface area contributed by atoms with Crippen molar-refractivity contribution in [1.82, 2.24) is 19.9 Å². The number of benzene rings is 1. The van der Waals surface area contributed by atoms with Gasteiger partial charge in [-0.2, -0.15) is 0 Å². The van der Waals surface area contributed by atoms with E-state index in [0.29, 0.717) is 12.1 Å². The van der Waals surface area contributed by atoms with Crippen molar-refractivity contribution in [2.75, 3.05) is 0 Å². The van der Waals surface area contributed by atoms with Gasteiger partial charge >= 0.3 is 0 Å². The van der Waals surface area contributed by atoms with Crippen LogP contribution in [-0.4, -0.2) is 20.5 Å². The van der Waals surface area contributed by atoms with Crippen LogP contribution in [0.4, 0.5) is 0 Å². The molecule has 0 aliphatic rings. The summed E-state index contributed by atoms with van der Waals surface area (Å²) < 4.78 is 1.81. The molecule has 2 aromatic heterocycles. The number of aromatic nitrogens is 3. The van der Waals surface area contributed by atoms with E-state index in [1.807, 2.05) is 38.1 Å². The fourth-order valence-corrected chi connectivity index (χ4v) is 2.13. The highest BCUT2D eigenvalue weighted by molar-refractivity contribution is 5.94. The fraction of sp³-hybridized carbons (Fsp3) is 0.188. The number of amides is 1. The molecule has 5 nitrogen and oxygen atoms in total. The summed E-state index contributed by atoms with van der Waals surface area (Å²) in [6.45, 7) is 4.41. The van der Waals surface area contributed by atoms with Crippen molar-refractivity contribution in [2.24, 2.45) is 0 Å². The van der Waals surface area contributed by atoms with Crippen LogP contribution < -0.4 is 5.32 Å². The third kappa shape index (κ3) is 2.76. The fourth-order valence-electron chi connectivity index (χ4n) is 2.13. The van der Waals surface area contributed by atoms with Crippen LogP contribution in [0.1, 0.15) is 27.3 Å². The van der Waals surface area contributed by atoms with E-state index in [1.165, 1.54) is 5.56 Å². The van der Waals surface area contributed by atoms with Gasteiger partial charge in [-0.1, -0.05) is 29.8 Å². The molecule has 0 radical (unpaired) electrons. The van der Waals surface area contributed by atoms with Crippen molar-refractivity contribution < 1.29 is 4.79 Å². The maximum Gasteiger partial charge on any atom is 0.253 e. The molecule has 1 aromatic carbocycles. The van der Waals surface area contributed by atoms with Crippen LogP contribution in [0.2, 0.25) is 0 Å². The topological polar surface area (TPSA) is 59.3 Å². The standard InChI is InChI=1S/C16H16N4O/c1-11-3-5-13(6-4-11)9-17-16(21)14-7-8-15-19-18-12(2)20(15)10-14/h3-8,10H,9H2,1-2H3,(H,17,21). The highest BCUT2D eigenvalue weighted by Gasteiger charge is 2.08. The number of hydrogen-bond donors (Lipinski definition) is 1. The molecule has 0 atom stereocenters. The molecule has 106 valence electrons. The van der Waals surface area contributed by atoms with Crippen LogP contribution in [0.5, 0.6) is 0 Å². The molecule has 0 saturated carbocycles. The van der Waals surface area contributed by atoms with Gasteiger partial charge in [-0.05, 0) is 31.5 Å². The van der Waals surface area contributed by atoms with E-state index in [1.54, 1.807) is 22.7 Å². The van der Waals surface area contributed by atoms with E-state index in [-0.39, 0.29) is 5.91 Å². The van der Waals surface area contributed by atoms with Crippen molar-refractivity contribution in [2.45, 2.75) is 20.4 Å². The molecule has 3 rings (SSSR count). The Labute approximate surface area is 122 Å². The molecule has 0 saturated heterocycles. The maximum absolute atomic E-state index is 12.2. The quantitative estimate of drug-likeness (QED) is 0.800. The van der Waals surface area contributed by atoms with Gasteiger partial charge in [0, 0.05) is 12.7 Å². The van der Waals surface area contributed by atoms with Crippen LogP contribution in [0.15, 0.2) is 42.6 Å². The summed E-state index contributed by atoms with van der Waals surface area (Å²) in [6, 6.07) is 11.7. The first-order chi connectivity index (χ1) is 10.1. The summed E-state index contributed by atoms with van der Waals surface area (Å²) in [6.07, 6.45) is 1.76. The molecule has 1 N–H and O–H groups in total. The number of hydrogen-bond acceptors (Lipinski definition) is 3. The molecule has 0 aliphatic carbocycles. The lowest BCUT2D eigenvalue weighted by Gasteiger charge is -2.06. The molecular weight excluding hydrogens is 264 g/mol. The summed E-state index contributed by atoms with van der Waals surface area (Å²) in [5, 5.41) is 10.9. The van der Waals surface area contributed by atoms with Crippen molar-refractivity contribution >= 4 is 11.6 Å². The zero-order valence-corrected chi connectivity index (χ0v) is 12.0. The zero-order valence-electron chi connectivity index (χ0n) is 12.0. The second-order valence-corrected chi connectivity index (χ2v) is 5.06. The number of carbonyl (C=O) groups is 1. The second-order valence-electron chi connectivity index (χ2n) is 5.06. The Hall–Kier alpha value is -2.69. The molecule has 21 heavy (non-hydrogen) atoms. The number of carbonyl (C=O) groups excluding carboxylic acids is 1. The average Bonchev–Trinajstić information content (AvgIpc) is 2.87. The maximum atomic E-state index is 12.2. The second kappa shape index (κ2) is 5.36. The smallest absolute Gasteiger partial charge is 0.253 e. The molecule has 0 unspecified atom stereocenters. The average molecular weight is 280 g/mol. The summed E-state index contributed by atoms with van der Waals surface area (Å²) in [4.78, 5) is 12.2. The number of rotatable bonds is 3. The Morgan fingerprint density at radius 2 is 1.86 bits per heavy atom. The van der Waals surface area contributed by atoms with E-state index in [9.17, 15) is 4.79 Å². The summed E-state index contributed by atoms with van der Waals surface area (Å²) in [7, 11) is 0. The SMILES string of the molecule is Cc1ccc(CNC(=O)c2ccc3nnc(C)n3c2)cc1. The first-order valence-corrected chi connectivity index (χ1v) is 6.78. The van der Waals surface area contributed by atoms with Crippen LogP contribution >= 0.6 is 0 Å². The minimum absolute atomic E-state index is 0.106. The number of nitrogens with one attached hydrogen (secondary N) is 1. The zero-order chi connectivity index (χ0) is 14.8. The van der Waals surface area contributed by atoms with Gasteiger partial charge in [0.2, 0.25) is 0 Å². The van der Waals surface area contributed by atoms with Crippen molar-refractivity contribution in [3.8, 4) is 0 Å². The van der Waals surface area contributed by atoms with Gasteiger partial charge in [0.15, 0.2) is 5.65 Å². The third-order valence-corrected chi connectivity index (χ3v) is 3.41. The van der Waals surface area contributed by atoms with Crippen molar-refractivity contribution in [3.05, 3.63) is 65.1 Å². The Balaban J connectivity index is 1.74. The largest absolute Gasteiger partial charge is 0.348 e. The Morgan fingerprint density at radius 1 is 1.10 bits per heavy atom. The molecule has 0 spiro atoms. The Morgan fingerprint density at radius 3 is 2.62 bits per heavy atom. The van der Waals surface area contributed by atoms with Crippen molar-refractivity contribution in [1.29, 1.82) is 0 Å². The van der Waals surface area contributed by atoms with E-state index in [0.717, 1.165) is 17.0 Å². The van der Waals surface area contributed by atoms with E-state index in [2.05, 4.69) is 15.5 Å². The summed E-state index contributed by atoms with van der Waals surface area (Å²) >= 11 is 0. The third-order valence-electron chi connectivity index (χ3n) is 3.41. The Kier molecular flexibility index (Phi) is 3.39. The van der Waals surface area contributed by atoms with Gasteiger partial charge in [-0.25, -0.2) is 0 Å². The molecular formula is C16H16N4O. The first-order valence-electron chi connectivity index (χ1n) is 6.78. The number of nitrogens with zero attached hydrogens (tertiary/aromatic N) is 3. The van der Waals surface area contributed by atoms with Crippen LogP contribution in [0.3, 0.4) is 0 Å². The minimum atomic E-state index is -0.106. The first kappa shape index (κ1) is 13.3. The van der Waals surface area contributed by atoms with Crippen LogP contribution in [0, 0.1) is 13.8 Å². The number of aryl methyl sites for hydroxylation is 2. The molecule has 0 aliphatic heterocycles. The molecule has 3 aromatic rings. The lowest BCUT2D eigenvalue weighted by molar-refractivity contribution is 0.0950. The molecule has 2 heterocycles. The number of fused-ring (bicyclic) bond motifs is 1. The normalized spacial score (nSPS) is 10.8. The van der Waals surface area contributed by atoms with Crippen LogP contribution in [-0.2, 0) is 6.54 Å². The van der Waals surface area contributed by atoms with Gasteiger partial charge in [-0.3, -0.25) is 9.20 Å². The molecule has 0 fully saturated rings. The predicted octanol–water partition coefficient (Wildman–Crippen LogP) is 2.28. The highest BCUT2D eigenvalue weighted by Crippen LogP contribution is 2.07. The van der Waals surface area contributed by atoms with Gasteiger partial charge in [0.05, 0.1) is 5.56 Å². The van der Waals surface area contributed by atoms with E-state index >= 15 is 0 Å². The molecule has 0 bridgehead atoms. The van der Waals surface area contributed by atoms with Crippen LogP contribution in [0.25, 0.3) is 5.65 Å². The highest BCUT2D eigenvalue weighted by atomic mass is 16.1. The predicted molar refractivity (Wildman–Crippen MR) is 80.1 cm³/mol. The summed E-state index contributed by atoms with van der Waals surface area (Å²) in [5.41, 5.74) is 3.62. The minimum Gasteiger partial charge on any atom is -0.348 e. The Bertz CT molecular complexity index is 790. The van der Waals surface area contributed by atoms with Gasteiger partial charge in [0.25, 0.3) is 5.91 Å².